The van der Waals surface area contributed by atoms with E-state index in [9.17, 15) is 4.79 Å². The van der Waals surface area contributed by atoms with Crippen LogP contribution in [0.2, 0.25) is 0 Å². The number of benzene rings is 1. The van der Waals surface area contributed by atoms with E-state index in [1.807, 2.05) is 51.2 Å². The summed E-state index contributed by atoms with van der Waals surface area (Å²) in [6, 6.07) is 13.9. The molecule has 0 unspecified atom stereocenters. The van der Waals surface area contributed by atoms with Crippen LogP contribution in [0.25, 0.3) is 11.1 Å². The quantitative estimate of drug-likeness (QED) is 0.361. The summed E-state index contributed by atoms with van der Waals surface area (Å²) in [6.07, 6.45) is 4.64. The van der Waals surface area contributed by atoms with E-state index in [4.69, 9.17) is 22.2 Å². The highest BCUT2D eigenvalue weighted by molar-refractivity contribution is 7.84. The largest absolute Gasteiger partial charge is 0.748 e. The summed E-state index contributed by atoms with van der Waals surface area (Å²) in [6.45, 7) is 6.84. The first kappa shape index (κ1) is 28.2. The molecule has 0 saturated carbocycles. The maximum atomic E-state index is 12.3. The Balaban J connectivity index is 0.000000784. The van der Waals surface area contributed by atoms with Crippen molar-refractivity contribution in [3.8, 4) is 11.1 Å². The minimum atomic E-state index is -3.92. The fraction of sp³-hybridized carbons (Fsp3) is 0.400. The number of methoxy groups -OCH3 is 1. The molecule has 0 bridgehead atoms. The van der Waals surface area contributed by atoms with Crippen molar-refractivity contribution in [3.63, 3.8) is 0 Å². The molecular formula is C25H32N3O6S-. The summed E-state index contributed by atoms with van der Waals surface area (Å²) in [5.74, 6) is 1.05. The van der Waals surface area contributed by atoms with E-state index in [2.05, 4.69) is 27.6 Å². The van der Waals surface area contributed by atoms with Crippen LogP contribution in [0.15, 0.2) is 53.2 Å². The summed E-state index contributed by atoms with van der Waals surface area (Å²) in [7, 11) is -2.21. The summed E-state index contributed by atoms with van der Waals surface area (Å²) < 4.78 is 37.6. The van der Waals surface area contributed by atoms with Gasteiger partial charge >= 0.3 is 0 Å². The Morgan fingerprint density at radius 2 is 1.74 bits per heavy atom. The lowest BCUT2D eigenvalue weighted by Crippen LogP contribution is -2.14. The van der Waals surface area contributed by atoms with Crippen LogP contribution < -0.4 is 5.32 Å². The molecule has 35 heavy (non-hydrogen) atoms. The lowest BCUT2D eigenvalue weighted by Gasteiger charge is -2.12. The van der Waals surface area contributed by atoms with Crippen molar-refractivity contribution in [2.75, 3.05) is 25.3 Å². The maximum absolute atomic E-state index is 12.3. The zero-order valence-electron chi connectivity index (χ0n) is 20.7. The molecule has 1 amide bonds. The van der Waals surface area contributed by atoms with Crippen molar-refractivity contribution in [2.24, 2.45) is 0 Å². The van der Waals surface area contributed by atoms with E-state index in [1.54, 1.807) is 13.2 Å². The highest BCUT2D eigenvalue weighted by atomic mass is 32.2. The van der Waals surface area contributed by atoms with Gasteiger partial charge in [-0.3, -0.25) is 9.78 Å². The highest BCUT2D eigenvalue weighted by Gasteiger charge is 2.20. The molecule has 190 valence electrons. The van der Waals surface area contributed by atoms with Crippen molar-refractivity contribution >= 4 is 21.8 Å². The summed E-state index contributed by atoms with van der Waals surface area (Å²) >= 11 is 0. The van der Waals surface area contributed by atoms with Gasteiger partial charge in [-0.05, 0) is 30.0 Å². The molecule has 1 aromatic carbocycles. The lowest BCUT2D eigenvalue weighted by molar-refractivity contribution is -0.115. The van der Waals surface area contributed by atoms with Crippen LogP contribution in [-0.4, -0.2) is 49.0 Å². The Labute approximate surface area is 206 Å². The number of anilines is 1. The molecule has 0 spiro atoms. The Hall–Kier alpha value is -3.08. The van der Waals surface area contributed by atoms with E-state index in [0.717, 1.165) is 47.6 Å². The van der Waals surface area contributed by atoms with Crippen molar-refractivity contribution in [3.05, 3.63) is 65.7 Å². The number of carbonyl (C=O) groups is 1. The van der Waals surface area contributed by atoms with Crippen molar-refractivity contribution in [2.45, 2.75) is 45.4 Å². The summed E-state index contributed by atoms with van der Waals surface area (Å²) in [5.41, 5.74) is 3.97. The normalized spacial score (nSPS) is 11.5. The minimum absolute atomic E-state index is 0.126. The second kappa shape index (κ2) is 12.6. The van der Waals surface area contributed by atoms with E-state index in [-0.39, 0.29) is 17.7 Å². The number of carbonyl (C=O) groups excluding carboxylic acids is 1. The average Bonchev–Trinajstić information content (AvgIpc) is 3.23. The van der Waals surface area contributed by atoms with Gasteiger partial charge in [0.15, 0.2) is 5.82 Å². The van der Waals surface area contributed by atoms with Crippen LogP contribution in [0.5, 0.6) is 0 Å². The number of ether oxygens (including phenoxy) is 1. The number of aryl methyl sites for hydroxylation is 1. The van der Waals surface area contributed by atoms with Crippen LogP contribution >= 0.6 is 0 Å². The predicted molar refractivity (Wildman–Crippen MR) is 133 cm³/mol. The first-order valence-electron chi connectivity index (χ1n) is 11.1. The third-order valence-corrected chi connectivity index (χ3v) is 4.77. The number of nitrogens with zero attached hydrogens (tertiary/aromatic N) is 2. The molecule has 2 heterocycles. The molecule has 9 nitrogen and oxygen atoms in total. The molecule has 3 rings (SSSR count). The lowest BCUT2D eigenvalue weighted by atomic mass is 9.93. The Morgan fingerprint density at radius 1 is 1.11 bits per heavy atom. The minimum Gasteiger partial charge on any atom is -0.748 e. The van der Waals surface area contributed by atoms with Crippen molar-refractivity contribution < 1.29 is 27.0 Å². The predicted octanol–water partition coefficient (Wildman–Crippen LogP) is 3.96. The number of hydrogen-bond donors (Lipinski definition) is 1. The number of rotatable bonds is 8. The van der Waals surface area contributed by atoms with E-state index in [0.29, 0.717) is 12.1 Å². The van der Waals surface area contributed by atoms with Gasteiger partial charge in [-0.2, -0.15) is 0 Å². The van der Waals surface area contributed by atoms with Gasteiger partial charge in [-0.1, -0.05) is 56.3 Å². The molecule has 0 saturated heterocycles. The standard InChI is InChI=1S/C24H29N3O3.CH4O3S/c1-24(2,3)21-15-22(27-30-21)26-23(28)14-17-7-9-18(10-8-17)19-11-12-20(25-16-19)6-5-13-29-4;1-5(2,3)4/h7-12,15-16H,5-6,13-14H2,1-4H3,(H,26,27,28);1H3,(H,2,3,4)/p-1. The van der Waals surface area contributed by atoms with E-state index in [1.165, 1.54) is 0 Å². The van der Waals surface area contributed by atoms with E-state index < -0.39 is 10.1 Å². The third kappa shape index (κ3) is 10.8. The van der Waals surface area contributed by atoms with Crippen LogP contribution in [0.4, 0.5) is 5.82 Å². The highest BCUT2D eigenvalue weighted by Crippen LogP contribution is 2.24. The van der Waals surface area contributed by atoms with Gasteiger partial charge in [0.2, 0.25) is 5.91 Å². The molecule has 0 radical (unpaired) electrons. The monoisotopic (exact) mass is 502 g/mol. The average molecular weight is 503 g/mol. The van der Waals surface area contributed by atoms with Gasteiger partial charge in [0, 0.05) is 48.9 Å². The Kier molecular flexibility index (Phi) is 10.1. The Morgan fingerprint density at radius 3 is 2.26 bits per heavy atom. The topological polar surface area (TPSA) is 134 Å². The second-order valence-electron chi connectivity index (χ2n) is 9.09. The van der Waals surface area contributed by atoms with E-state index >= 15 is 0 Å². The molecule has 2 aromatic heterocycles. The third-order valence-electron chi connectivity index (χ3n) is 4.77. The molecule has 1 N–H and O–H groups in total. The van der Waals surface area contributed by atoms with Gasteiger partial charge in [0.1, 0.15) is 5.76 Å². The smallest absolute Gasteiger partial charge is 0.230 e. The van der Waals surface area contributed by atoms with Gasteiger partial charge < -0.3 is 19.1 Å². The van der Waals surface area contributed by atoms with Crippen molar-refractivity contribution in [1.29, 1.82) is 0 Å². The molecule has 10 heteroatoms. The van der Waals surface area contributed by atoms with Crippen molar-refractivity contribution in [1.82, 2.24) is 10.1 Å². The number of nitrogens with one attached hydrogen (secondary N) is 1. The second-order valence-corrected chi connectivity index (χ2v) is 10.5. The number of hydrogen-bond acceptors (Lipinski definition) is 8. The summed E-state index contributed by atoms with van der Waals surface area (Å²) in [4.78, 5) is 16.9. The SMILES string of the molecule is COCCCc1ccc(-c2ccc(CC(=O)Nc3cc(C(C)(C)C)on3)cc2)cn1.CS(=O)(=O)[O-]. The van der Waals surface area contributed by atoms with Crippen LogP contribution in [0, 0.1) is 0 Å². The molecular weight excluding hydrogens is 470 g/mol. The molecule has 0 aliphatic rings. The van der Waals surface area contributed by atoms with Gasteiger partial charge in [0.25, 0.3) is 0 Å². The molecule has 0 fully saturated rings. The molecule has 0 aliphatic carbocycles. The number of aromatic nitrogens is 2. The maximum Gasteiger partial charge on any atom is 0.230 e. The zero-order valence-corrected chi connectivity index (χ0v) is 21.5. The summed E-state index contributed by atoms with van der Waals surface area (Å²) in [5, 5.41) is 6.72. The number of amides is 1. The molecule has 0 aliphatic heterocycles. The molecule has 0 atom stereocenters. The fourth-order valence-electron chi connectivity index (χ4n) is 3.02. The Bertz CT molecular complexity index is 1170. The zero-order chi connectivity index (χ0) is 26.1. The van der Waals surface area contributed by atoms with Gasteiger partial charge in [0.05, 0.1) is 16.5 Å². The van der Waals surface area contributed by atoms with Crippen LogP contribution in [0.1, 0.15) is 44.2 Å². The first-order valence-corrected chi connectivity index (χ1v) is 12.9. The first-order chi connectivity index (χ1) is 16.3. The van der Waals surface area contributed by atoms with Crippen LogP contribution in [-0.2, 0) is 37.9 Å². The van der Waals surface area contributed by atoms with Gasteiger partial charge in [-0.25, -0.2) is 8.42 Å². The van der Waals surface area contributed by atoms with Gasteiger partial charge in [-0.15, -0.1) is 0 Å². The van der Waals surface area contributed by atoms with Crippen LogP contribution in [0.3, 0.4) is 0 Å². The molecule has 3 aromatic rings. The number of pyridine rings is 1. The fourth-order valence-corrected chi connectivity index (χ4v) is 3.02.